The summed E-state index contributed by atoms with van der Waals surface area (Å²) in [6, 6.07) is 0. The third-order valence-electron chi connectivity index (χ3n) is 4.32. The molecular weight excluding hydrogens is 288 g/mol. The van der Waals surface area contributed by atoms with Gasteiger partial charge in [-0.3, -0.25) is 4.79 Å². The Kier molecular flexibility index (Phi) is 19.0. The molecule has 0 saturated carbocycles. The summed E-state index contributed by atoms with van der Waals surface area (Å²) in [4.78, 5) is 10.4. The zero-order valence-corrected chi connectivity index (χ0v) is 15.5. The van der Waals surface area contributed by atoms with Crippen molar-refractivity contribution >= 4 is 5.97 Å². The summed E-state index contributed by atoms with van der Waals surface area (Å²) >= 11 is 0. The molecule has 1 N–H and O–H groups in total. The van der Waals surface area contributed by atoms with Gasteiger partial charge in [0.25, 0.3) is 0 Å². The third kappa shape index (κ3) is 21.4. The van der Waals surface area contributed by atoms with Crippen LogP contribution in [0.25, 0.3) is 0 Å². The molecule has 138 valence electrons. The summed E-state index contributed by atoms with van der Waals surface area (Å²) in [6.07, 6.45) is 19.3. The lowest BCUT2D eigenvalue weighted by Gasteiger charge is -2.05. The number of rotatable bonds is 19. The molecule has 0 heterocycles. The molecule has 3 heteroatoms. The van der Waals surface area contributed by atoms with Crippen LogP contribution in [0.5, 0.6) is 0 Å². The van der Waals surface area contributed by atoms with Gasteiger partial charge in [0.05, 0.1) is 0 Å². The Labute approximate surface area is 144 Å². The van der Waals surface area contributed by atoms with Crippen molar-refractivity contribution in [1.82, 2.24) is 0 Å². The molecule has 0 fully saturated rings. The molecule has 0 aliphatic heterocycles. The van der Waals surface area contributed by atoms with Crippen LogP contribution in [0, 0.1) is 0 Å². The minimum Gasteiger partial charge on any atom is -0.481 e. The Morgan fingerprint density at radius 2 is 1.04 bits per heavy atom. The topological polar surface area (TPSA) is 46.5 Å². The molecule has 0 amide bonds. The van der Waals surface area contributed by atoms with Crippen LogP contribution < -0.4 is 0 Å². The van der Waals surface area contributed by atoms with E-state index in [1.807, 2.05) is 0 Å². The van der Waals surface area contributed by atoms with Gasteiger partial charge in [-0.2, -0.15) is 0 Å². The number of hydrogen-bond acceptors (Lipinski definition) is 2. The van der Waals surface area contributed by atoms with Gasteiger partial charge in [0.2, 0.25) is 0 Å². The van der Waals surface area contributed by atoms with Crippen LogP contribution in [0.4, 0.5) is 0 Å². The van der Waals surface area contributed by atoms with E-state index in [1.54, 1.807) is 0 Å². The van der Waals surface area contributed by atoms with Crippen molar-refractivity contribution in [2.24, 2.45) is 0 Å². The van der Waals surface area contributed by atoms with Crippen LogP contribution >= 0.6 is 0 Å². The van der Waals surface area contributed by atoms with Gasteiger partial charge < -0.3 is 9.84 Å². The molecule has 0 aromatic carbocycles. The molecular formula is C20H40O3. The Hall–Kier alpha value is -0.570. The predicted molar refractivity (Wildman–Crippen MR) is 98.0 cm³/mol. The van der Waals surface area contributed by atoms with E-state index in [9.17, 15) is 4.79 Å². The molecule has 3 nitrogen and oxygen atoms in total. The lowest BCUT2D eigenvalue weighted by Crippen LogP contribution is -1.97. The van der Waals surface area contributed by atoms with Crippen LogP contribution in [0.1, 0.15) is 110 Å². The standard InChI is InChI=1S/C20H40O3/c1-2-3-4-5-6-7-8-9-12-15-18-23-19-16-13-10-11-14-17-20(21)22/h2-19H2,1H3,(H,21,22). The van der Waals surface area contributed by atoms with Crippen molar-refractivity contribution in [3.63, 3.8) is 0 Å². The zero-order valence-electron chi connectivity index (χ0n) is 15.5. The van der Waals surface area contributed by atoms with Crippen molar-refractivity contribution in [1.29, 1.82) is 0 Å². The van der Waals surface area contributed by atoms with Crippen molar-refractivity contribution in [3.8, 4) is 0 Å². The fourth-order valence-electron chi connectivity index (χ4n) is 2.80. The van der Waals surface area contributed by atoms with Crippen molar-refractivity contribution in [2.45, 2.75) is 110 Å². The molecule has 0 atom stereocenters. The lowest BCUT2D eigenvalue weighted by atomic mass is 10.1. The highest BCUT2D eigenvalue weighted by molar-refractivity contribution is 5.66. The molecule has 0 aromatic heterocycles. The molecule has 0 bridgehead atoms. The number of hydrogen-bond donors (Lipinski definition) is 1. The minimum atomic E-state index is -0.676. The van der Waals surface area contributed by atoms with Crippen LogP contribution in [0.15, 0.2) is 0 Å². The molecule has 0 aromatic rings. The highest BCUT2D eigenvalue weighted by Gasteiger charge is 1.97. The largest absolute Gasteiger partial charge is 0.481 e. The molecule has 0 rings (SSSR count). The second-order valence-electron chi connectivity index (χ2n) is 6.71. The summed E-state index contributed by atoms with van der Waals surface area (Å²) in [5.41, 5.74) is 0. The molecule has 23 heavy (non-hydrogen) atoms. The van der Waals surface area contributed by atoms with E-state index in [0.717, 1.165) is 45.3 Å². The van der Waals surface area contributed by atoms with Gasteiger partial charge in [-0.15, -0.1) is 0 Å². The summed E-state index contributed by atoms with van der Waals surface area (Å²) in [5, 5.41) is 8.53. The van der Waals surface area contributed by atoms with Crippen molar-refractivity contribution in [2.75, 3.05) is 13.2 Å². The monoisotopic (exact) mass is 328 g/mol. The van der Waals surface area contributed by atoms with E-state index < -0.39 is 5.97 Å². The van der Waals surface area contributed by atoms with E-state index in [4.69, 9.17) is 9.84 Å². The summed E-state index contributed by atoms with van der Waals surface area (Å²) in [5.74, 6) is -0.676. The van der Waals surface area contributed by atoms with Gasteiger partial charge in [-0.25, -0.2) is 0 Å². The number of carbonyl (C=O) groups is 1. The molecule has 0 radical (unpaired) electrons. The van der Waals surface area contributed by atoms with Gasteiger partial charge in [0, 0.05) is 19.6 Å². The fourth-order valence-corrected chi connectivity index (χ4v) is 2.80. The van der Waals surface area contributed by atoms with Gasteiger partial charge in [0.1, 0.15) is 0 Å². The predicted octanol–water partition coefficient (Wildman–Crippen LogP) is 6.35. The highest BCUT2D eigenvalue weighted by atomic mass is 16.5. The number of carboxylic acids is 1. The molecule has 0 spiro atoms. The van der Waals surface area contributed by atoms with E-state index in [-0.39, 0.29) is 0 Å². The van der Waals surface area contributed by atoms with Crippen LogP contribution in [0.2, 0.25) is 0 Å². The summed E-state index contributed by atoms with van der Waals surface area (Å²) in [6.45, 7) is 4.05. The third-order valence-corrected chi connectivity index (χ3v) is 4.32. The smallest absolute Gasteiger partial charge is 0.303 e. The first-order valence-corrected chi connectivity index (χ1v) is 10.1. The second-order valence-corrected chi connectivity index (χ2v) is 6.71. The number of carboxylic acid groups (broad SMARTS) is 1. The minimum absolute atomic E-state index is 0.315. The molecule has 0 aliphatic rings. The van der Waals surface area contributed by atoms with Gasteiger partial charge in [-0.1, -0.05) is 84.0 Å². The van der Waals surface area contributed by atoms with Crippen molar-refractivity contribution < 1.29 is 14.6 Å². The van der Waals surface area contributed by atoms with E-state index in [2.05, 4.69) is 6.92 Å². The number of ether oxygens (including phenoxy) is 1. The first-order valence-electron chi connectivity index (χ1n) is 10.1. The summed E-state index contributed by atoms with van der Waals surface area (Å²) in [7, 11) is 0. The zero-order chi connectivity index (χ0) is 17.0. The second kappa shape index (κ2) is 19.5. The van der Waals surface area contributed by atoms with Crippen LogP contribution in [0.3, 0.4) is 0 Å². The van der Waals surface area contributed by atoms with Crippen molar-refractivity contribution in [3.05, 3.63) is 0 Å². The normalized spacial score (nSPS) is 11.0. The number of unbranched alkanes of at least 4 members (excludes halogenated alkanes) is 13. The molecule has 0 saturated heterocycles. The van der Waals surface area contributed by atoms with E-state index >= 15 is 0 Å². The average Bonchev–Trinajstić information content (AvgIpc) is 2.53. The van der Waals surface area contributed by atoms with Gasteiger partial charge >= 0.3 is 5.97 Å². The maximum atomic E-state index is 10.4. The molecule has 0 unspecified atom stereocenters. The Balaban J connectivity index is 2.96. The quantitative estimate of drug-likeness (QED) is 0.281. The number of aliphatic carboxylic acids is 1. The first-order chi connectivity index (χ1) is 11.3. The average molecular weight is 329 g/mol. The maximum absolute atomic E-state index is 10.4. The lowest BCUT2D eigenvalue weighted by molar-refractivity contribution is -0.137. The molecule has 0 aliphatic carbocycles. The Bertz CT molecular complexity index is 241. The van der Waals surface area contributed by atoms with Crippen LogP contribution in [-0.2, 0) is 9.53 Å². The first kappa shape index (κ1) is 22.4. The maximum Gasteiger partial charge on any atom is 0.303 e. The van der Waals surface area contributed by atoms with Gasteiger partial charge in [-0.05, 0) is 19.3 Å². The highest BCUT2D eigenvalue weighted by Crippen LogP contribution is 2.10. The fraction of sp³-hybridized carbons (Fsp3) is 0.950. The van der Waals surface area contributed by atoms with E-state index in [1.165, 1.54) is 64.2 Å². The summed E-state index contributed by atoms with van der Waals surface area (Å²) < 4.78 is 5.66. The van der Waals surface area contributed by atoms with Crippen LogP contribution in [-0.4, -0.2) is 24.3 Å². The SMILES string of the molecule is CCCCCCCCCCCCOCCCCCCCC(=O)O. The van der Waals surface area contributed by atoms with Gasteiger partial charge in [0.15, 0.2) is 0 Å². The Morgan fingerprint density at radius 1 is 0.652 bits per heavy atom. The van der Waals surface area contributed by atoms with E-state index in [0.29, 0.717) is 6.42 Å². The Morgan fingerprint density at radius 3 is 1.48 bits per heavy atom.